The largest absolute Gasteiger partial charge is 0.506 e. The van der Waals surface area contributed by atoms with Crippen LogP contribution >= 0.6 is 24.0 Å². The zero-order chi connectivity index (χ0) is 12.4. The maximum atomic E-state index is 13.0. The second-order valence-electron chi connectivity index (χ2n) is 3.52. The van der Waals surface area contributed by atoms with Gasteiger partial charge in [-0.25, -0.2) is 4.39 Å². The fourth-order valence-corrected chi connectivity index (χ4v) is 1.56. The van der Waals surface area contributed by atoms with Gasteiger partial charge in [0.2, 0.25) is 0 Å². The summed E-state index contributed by atoms with van der Waals surface area (Å²) in [6.07, 6.45) is 0. The molecule has 4 N–H and O–H groups in total. The normalized spacial score (nSPS) is 9.67. The van der Waals surface area contributed by atoms with Crippen LogP contribution in [0.3, 0.4) is 0 Å². The third kappa shape index (κ3) is 3.18. The van der Waals surface area contributed by atoms with Gasteiger partial charge in [-0.2, -0.15) is 0 Å². The van der Waals surface area contributed by atoms with Crippen LogP contribution in [0, 0.1) is 5.82 Å². The number of hydrogen-bond donors (Lipinski definition) is 3. The van der Waals surface area contributed by atoms with Crippen molar-refractivity contribution in [2.75, 3.05) is 11.1 Å². The first kappa shape index (κ1) is 14.4. The molecule has 0 bridgehead atoms. The minimum absolute atomic E-state index is 0. The molecule has 0 atom stereocenters. The highest BCUT2D eigenvalue weighted by Crippen LogP contribution is 2.31. The van der Waals surface area contributed by atoms with Crippen LogP contribution in [0.15, 0.2) is 36.4 Å². The number of anilines is 3. The lowest BCUT2D eigenvalue weighted by atomic mass is 10.2. The summed E-state index contributed by atoms with van der Waals surface area (Å²) in [6.45, 7) is 0. The Bertz CT molecular complexity index is 514. The fraction of sp³-hybridized carbons (Fsp3) is 0. The molecule has 0 aromatic heterocycles. The molecule has 96 valence electrons. The summed E-state index contributed by atoms with van der Waals surface area (Å²) >= 11 is 5.80. The first-order chi connectivity index (χ1) is 8.06. The molecule has 0 aliphatic rings. The molecule has 0 unspecified atom stereocenters. The SMILES string of the molecule is Cl.Nc1ccc(F)cc1Nc1cc(Cl)ccc1O. The van der Waals surface area contributed by atoms with Crippen molar-refractivity contribution in [3.05, 3.63) is 47.2 Å². The number of phenols is 1. The maximum Gasteiger partial charge on any atom is 0.139 e. The molecule has 2 rings (SSSR count). The lowest BCUT2D eigenvalue weighted by Gasteiger charge is -2.11. The van der Waals surface area contributed by atoms with Crippen molar-refractivity contribution >= 4 is 41.1 Å². The van der Waals surface area contributed by atoms with E-state index >= 15 is 0 Å². The highest BCUT2D eigenvalue weighted by atomic mass is 35.5. The third-order valence-corrected chi connectivity index (χ3v) is 2.48. The van der Waals surface area contributed by atoms with E-state index in [1.54, 1.807) is 6.07 Å². The Morgan fingerprint density at radius 3 is 2.56 bits per heavy atom. The molecule has 0 aliphatic carbocycles. The number of phenolic OH excluding ortho intramolecular Hbond substituents is 1. The molecular weight excluding hydrogens is 278 g/mol. The molecule has 3 nitrogen and oxygen atoms in total. The van der Waals surface area contributed by atoms with Gasteiger partial charge in [0, 0.05) is 5.02 Å². The van der Waals surface area contributed by atoms with Crippen molar-refractivity contribution in [2.45, 2.75) is 0 Å². The lowest BCUT2D eigenvalue weighted by Crippen LogP contribution is -1.97. The molecular formula is C12H11Cl2FN2O. The molecule has 0 saturated carbocycles. The topological polar surface area (TPSA) is 58.3 Å². The summed E-state index contributed by atoms with van der Waals surface area (Å²) in [5, 5.41) is 12.9. The smallest absolute Gasteiger partial charge is 0.139 e. The third-order valence-electron chi connectivity index (χ3n) is 2.24. The minimum atomic E-state index is -0.414. The average Bonchev–Trinajstić information content (AvgIpc) is 2.28. The first-order valence-electron chi connectivity index (χ1n) is 4.87. The van der Waals surface area contributed by atoms with Gasteiger partial charge < -0.3 is 16.2 Å². The van der Waals surface area contributed by atoms with Gasteiger partial charge in [0.05, 0.1) is 17.1 Å². The van der Waals surface area contributed by atoms with E-state index in [-0.39, 0.29) is 18.2 Å². The van der Waals surface area contributed by atoms with Crippen LogP contribution in [0.4, 0.5) is 21.5 Å². The van der Waals surface area contributed by atoms with Crippen molar-refractivity contribution in [3.8, 4) is 5.75 Å². The molecule has 0 radical (unpaired) electrons. The average molecular weight is 289 g/mol. The fourth-order valence-electron chi connectivity index (χ4n) is 1.39. The molecule has 2 aromatic rings. The number of hydrogen-bond acceptors (Lipinski definition) is 3. The zero-order valence-electron chi connectivity index (χ0n) is 9.15. The zero-order valence-corrected chi connectivity index (χ0v) is 10.7. The van der Waals surface area contributed by atoms with E-state index in [0.29, 0.717) is 22.1 Å². The summed E-state index contributed by atoms with van der Waals surface area (Å²) < 4.78 is 13.0. The van der Waals surface area contributed by atoms with Crippen LogP contribution in [0.2, 0.25) is 5.02 Å². The van der Waals surface area contributed by atoms with Crippen LogP contribution < -0.4 is 11.1 Å². The quantitative estimate of drug-likeness (QED) is 0.580. The molecule has 2 aromatic carbocycles. The second kappa shape index (κ2) is 5.80. The second-order valence-corrected chi connectivity index (χ2v) is 3.95. The van der Waals surface area contributed by atoms with Gasteiger partial charge in [-0.15, -0.1) is 12.4 Å². The monoisotopic (exact) mass is 288 g/mol. The molecule has 0 spiro atoms. The van der Waals surface area contributed by atoms with Crippen LogP contribution in [-0.2, 0) is 0 Å². The molecule has 0 saturated heterocycles. The number of rotatable bonds is 2. The highest BCUT2D eigenvalue weighted by Gasteiger charge is 2.06. The van der Waals surface area contributed by atoms with Crippen molar-refractivity contribution in [3.63, 3.8) is 0 Å². The molecule has 6 heteroatoms. The van der Waals surface area contributed by atoms with Crippen molar-refractivity contribution in [1.82, 2.24) is 0 Å². The van der Waals surface area contributed by atoms with E-state index in [2.05, 4.69) is 5.32 Å². The Kier molecular flexibility index (Phi) is 4.64. The van der Waals surface area contributed by atoms with E-state index in [1.807, 2.05) is 0 Å². The number of nitrogens with two attached hydrogens (primary N) is 1. The van der Waals surface area contributed by atoms with Gasteiger partial charge in [-0.3, -0.25) is 0 Å². The predicted octanol–water partition coefficient (Wildman–Crippen LogP) is 3.93. The minimum Gasteiger partial charge on any atom is -0.506 e. The van der Waals surface area contributed by atoms with Crippen molar-refractivity contribution in [2.24, 2.45) is 0 Å². The molecule has 18 heavy (non-hydrogen) atoms. The summed E-state index contributed by atoms with van der Waals surface area (Å²) in [4.78, 5) is 0. The summed E-state index contributed by atoms with van der Waals surface area (Å²) in [6, 6.07) is 8.48. The van der Waals surface area contributed by atoms with E-state index < -0.39 is 5.82 Å². The van der Waals surface area contributed by atoms with Crippen LogP contribution in [0.1, 0.15) is 0 Å². The van der Waals surface area contributed by atoms with Crippen LogP contribution in [0.25, 0.3) is 0 Å². The van der Waals surface area contributed by atoms with E-state index in [9.17, 15) is 9.50 Å². The van der Waals surface area contributed by atoms with Gasteiger partial charge in [0.15, 0.2) is 0 Å². The Labute approximate surface area is 115 Å². The highest BCUT2D eigenvalue weighted by molar-refractivity contribution is 6.31. The van der Waals surface area contributed by atoms with Crippen molar-refractivity contribution < 1.29 is 9.50 Å². The first-order valence-corrected chi connectivity index (χ1v) is 5.24. The van der Waals surface area contributed by atoms with E-state index in [0.717, 1.165) is 0 Å². The van der Waals surface area contributed by atoms with Gasteiger partial charge in [-0.1, -0.05) is 11.6 Å². The maximum absolute atomic E-state index is 13.0. The van der Waals surface area contributed by atoms with Gasteiger partial charge >= 0.3 is 0 Å². The number of benzene rings is 2. The van der Waals surface area contributed by atoms with Gasteiger partial charge in [-0.05, 0) is 36.4 Å². The summed E-state index contributed by atoms with van der Waals surface area (Å²) in [5.74, 6) is -0.402. The Hall–Kier alpha value is -1.65. The van der Waals surface area contributed by atoms with Gasteiger partial charge in [0.25, 0.3) is 0 Å². The summed E-state index contributed by atoms with van der Waals surface area (Å²) in [7, 11) is 0. The molecule has 0 amide bonds. The van der Waals surface area contributed by atoms with Crippen LogP contribution in [-0.4, -0.2) is 5.11 Å². The van der Waals surface area contributed by atoms with Crippen LogP contribution in [0.5, 0.6) is 5.75 Å². The molecule has 0 heterocycles. The number of halogens is 3. The number of nitrogens with one attached hydrogen (secondary N) is 1. The molecule has 0 fully saturated rings. The van der Waals surface area contributed by atoms with Gasteiger partial charge in [0.1, 0.15) is 11.6 Å². The Morgan fingerprint density at radius 2 is 1.83 bits per heavy atom. The van der Waals surface area contributed by atoms with E-state index in [1.165, 1.54) is 30.3 Å². The lowest BCUT2D eigenvalue weighted by molar-refractivity contribution is 0.478. The Balaban J connectivity index is 0.00000162. The standard InChI is InChI=1S/C12H10ClFN2O.ClH/c13-7-1-4-12(17)11(5-7)16-10-6-8(14)2-3-9(10)15;/h1-6,16-17H,15H2;1H. The predicted molar refractivity (Wildman–Crippen MR) is 74.5 cm³/mol. The number of aromatic hydroxyl groups is 1. The van der Waals surface area contributed by atoms with Crippen molar-refractivity contribution in [1.29, 1.82) is 0 Å². The van der Waals surface area contributed by atoms with E-state index in [4.69, 9.17) is 17.3 Å². The number of nitrogen functional groups attached to an aromatic ring is 1. The molecule has 0 aliphatic heterocycles. The summed E-state index contributed by atoms with van der Waals surface area (Å²) in [5.41, 5.74) is 6.81. The Morgan fingerprint density at radius 1 is 1.11 bits per heavy atom.